The largest absolute Gasteiger partial charge is 0.493 e. The van der Waals surface area contributed by atoms with E-state index >= 15 is 0 Å². The second kappa shape index (κ2) is 8.18. The Morgan fingerprint density at radius 2 is 1.89 bits per heavy atom. The molecule has 0 bridgehead atoms. The standard InChI is InChI=1S/C18H21NO6S2/c1-23-14-8-7-12(11-15(14)25-13-5-3-4-6-13)19-27(21,22)16-9-10-26-17(16)18(20)24-2/h7-11,13,19H,3-6H2,1-2H3. The van der Waals surface area contributed by atoms with Gasteiger partial charge in [0, 0.05) is 6.07 Å². The molecule has 1 N–H and O–H groups in total. The summed E-state index contributed by atoms with van der Waals surface area (Å²) in [5, 5.41) is 1.53. The van der Waals surface area contributed by atoms with E-state index in [2.05, 4.69) is 9.46 Å². The van der Waals surface area contributed by atoms with E-state index in [4.69, 9.17) is 9.47 Å². The lowest BCUT2D eigenvalue weighted by Crippen LogP contribution is -2.16. The maximum absolute atomic E-state index is 12.7. The number of hydrogen-bond donors (Lipinski definition) is 1. The second-order valence-electron chi connectivity index (χ2n) is 6.10. The van der Waals surface area contributed by atoms with Crippen LogP contribution in [0, 0.1) is 0 Å². The molecule has 7 nitrogen and oxygen atoms in total. The number of rotatable bonds is 7. The van der Waals surface area contributed by atoms with Crippen LogP contribution in [0.4, 0.5) is 5.69 Å². The van der Waals surface area contributed by atoms with Crippen molar-refractivity contribution < 1.29 is 27.4 Å². The number of anilines is 1. The number of carbonyl (C=O) groups is 1. The minimum absolute atomic E-state index is 0.0286. The Hall–Kier alpha value is -2.26. The minimum atomic E-state index is -3.96. The Balaban J connectivity index is 1.86. The lowest BCUT2D eigenvalue weighted by Gasteiger charge is -2.17. The molecule has 1 saturated carbocycles. The molecule has 0 saturated heterocycles. The fraction of sp³-hybridized carbons (Fsp3) is 0.389. The number of nitrogens with one attached hydrogen (secondary N) is 1. The van der Waals surface area contributed by atoms with Crippen LogP contribution in [0.25, 0.3) is 0 Å². The predicted octanol–water partition coefficient (Wildman–Crippen LogP) is 3.67. The van der Waals surface area contributed by atoms with Gasteiger partial charge >= 0.3 is 5.97 Å². The number of carbonyl (C=O) groups excluding carboxylic acids is 1. The van der Waals surface area contributed by atoms with Gasteiger partial charge in [-0.25, -0.2) is 13.2 Å². The minimum Gasteiger partial charge on any atom is -0.493 e. The van der Waals surface area contributed by atoms with Crippen molar-refractivity contribution in [3.05, 3.63) is 34.5 Å². The van der Waals surface area contributed by atoms with Gasteiger partial charge in [0.1, 0.15) is 9.77 Å². The zero-order valence-corrected chi connectivity index (χ0v) is 16.7. The molecular weight excluding hydrogens is 390 g/mol. The van der Waals surface area contributed by atoms with Gasteiger partial charge in [0.2, 0.25) is 0 Å². The summed E-state index contributed by atoms with van der Waals surface area (Å²) in [6, 6.07) is 6.21. The second-order valence-corrected chi connectivity index (χ2v) is 8.67. The normalized spacial score (nSPS) is 14.7. The fourth-order valence-corrected chi connectivity index (χ4v) is 5.36. The molecule has 1 fully saturated rings. The monoisotopic (exact) mass is 411 g/mol. The summed E-state index contributed by atoms with van der Waals surface area (Å²) in [7, 11) is -1.21. The molecule has 9 heteroatoms. The quantitative estimate of drug-likeness (QED) is 0.699. The summed E-state index contributed by atoms with van der Waals surface area (Å²) in [6.45, 7) is 0. The van der Waals surface area contributed by atoms with Crippen LogP contribution < -0.4 is 14.2 Å². The Labute approximate surface area is 162 Å². The molecule has 3 rings (SSSR count). The average Bonchev–Trinajstić information content (AvgIpc) is 3.33. The van der Waals surface area contributed by atoms with Crippen LogP contribution in [0.1, 0.15) is 35.4 Å². The van der Waals surface area contributed by atoms with Gasteiger partial charge in [0.15, 0.2) is 11.5 Å². The van der Waals surface area contributed by atoms with E-state index in [1.165, 1.54) is 25.7 Å². The van der Waals surface area contributed by atoms with E-state index < -0.39 is 16.0 Å². The number of hydrogen-bond acceptors (Lipinski definition) is 7. The first-order valence-electron chi connectivity index (χ1n) is 8.48. The predicted molar refractivity (Wildman–Crippen MR) is 102 cm³/mol. The number of methoxy groups -OCH3 is 2. The Morgan fingerprint density at radius 1 is 1.15 bits per heavy atom. The van der Waals surface area contributed by atoms with Crippen LogP contribution in [0.15, 0.2) is 34.5 Å². The van der Waals surface area contributed by atoms with Gasteiger partial charge in [0.05, 0.1) is 26.0 Å². The van der Waals surface area contributed by atoms with Gasteiger partial charge in [-0.1, -0.05) is 0 Å². The van der Waals surface area contributed by atoms with Crippen molar-refractivity contribution in [1.29, 1.82) is 0 Å². The van der Waals surface area contributed by atoms with Crippen LogP contribution in [0.2, 0.25) is 0 Å². The molecule has 0 atom stereocenters. The summed E-state index contributed by atoms with van der Waals surface area (Å²) in [5.41, 5.74) is 0.325. The molecule has 0 amide bonds. The van der Waals surface area contributed by atoms with Crippen molar-refractivity contribution in [1.82, 2.24) is 0 Å². The molecule has 1 aromatic carbocycles. The smallest absolute Gasteiger partial charge is 0.349 e. The summed E-state index contributed by atoms with van der Waals surface area (Å²) >= 11 is 1.01. The maximum Gasteiger partial charge on any atom is 0.349 e. The SMILES string of the molecule is COC(=O)c1sccc1S(=O)(=O)Nc1ccc(OC)c(OC2CCCC2)c1. The van der Waals surface area contributed by atoms with Crippen LogP contribution in [-0.2, 0) is 14.8 Å². The van der Waals surface area contributed by atoms with E-state index in [9.17, 15) is 13.2 Å². The van der Waals surface area contributed by atoms with E-state index in [1.807, 2.05) is 0 Å². The van der Waals surface area contributed by atoms with Crippen molar-refractivity contribution in [3.8, 4) is 11.5 Å². The highest BCUT2D eigenvalue weighted by Gasteiger charge is 2.25. The molecule has 27 heavy (non-hydrogen) atoms. The van der Waals surface area contributed by atoms with Gasteiger partial charge in [-0.15, -0.1) is 11.3 Å². The molecule has 1 aliphatic carbocycles. The topological polar surface area (TPSA) is 90.9 Å². The zero-order valence-electron chi connectivity index (χ0n) is 15.1. The van der Waals surface area contributed by atoms with Gasteiger partial charge < -0.3 is 14.2 Å². The van der Waals surface area contributed by atoms with Gasteiger partial charge in [0.25, 0.3) is 10.0 Å². The first-order valence-corrected chi connectivity index (χ1v) is 10.8. The summed E-state index contributed by atoms with van der Waals surface area (Å²) in [5.74, 6) is 0.337. The van der Waals surface area contributed by atoms with Gasteiger partial charge in [-0.2, -0.15) is 0 Å². The molecule has 1 aliphatic rings. The average molecular weight is 412 g/mol. The number of benzene rings is 1. The van der Waals surface area contributed by atoms with Crippen LogP contribution in [-0.4, -0.2) is 34.7 Å². The first-order chi connectivity index (χ1) is 12.9. The molecule has 1 aromatic heterocycles. The van der Waals surface area contributed by atoms with E-state index in [-0.39, 0.29) is 15.9 Å². The molecule has 1 heterocycles. The van der Waals surface area contributed by atoms with Crippen LogP contribution in [0.5, 0.6) is 11.5 Å². The third-order valence-electron chi connectivity index (χ3n) is 4.30. The fourth-order valence-electron chi connectivity index (χ4n) is 2.98. The van der Waals surface area contributed by atoms with Crippen molar-refractivity contribution in [3.63, 3.8) is 0 Å². The first kappa shape index (κ1) is 19.5. The third-order valence-corrected chi connectivity index (χ3v) is 6.75. The van der Waals surface area contributed by atoms with Gasteiger partial charge in [-0.05, 0) is 49.3 Å². The maximum atomic E-state index is 12.7. The van der Waals surface area contributed by atoms with Crippen molar-refractivity contribution in [2.24, 2.45) is 0 Å². The summed E-state index contributed by atoms with van der Waals surface area (Å²) < 4.78 is 43.9. The molecule has 0 unspecified atom stereocenters. The Morgan fingerprint density at radius 3 is 2.56 bits per heavy atom. The highest BCUT2D eigenvalue weighted by atomic mass is 32.2. The van der Waals surface area contributed by atoms with Crippen molar-refractivity contribution >= 4 is 33.0 Å². The molecule has 0 radical (unpaired) electrons. The third kappa shape index (κ3) is 4.36. The molecule has 146 valence electrons. The lowest BCUT2D eigenvalue weighted by molar-refractivity contribution is 0.0602. The number of ether oxygens (including phenoxy) is 3. The van der Waals surface area contributed by atoms with Gasteiger partial charge in [-0.3, -0.25) is 4.72 Å². The summed E-state index contributed by atoms with van der Waals surface area (Å²) in [6.07, 6.45) is 4.28. The molecular formula is C18H21NO6S2. The Kier molecular flexibility index (Phi) is 5.91. The zero-order chi connectivity index (χ0) is 19.4. The highest BCUT2D eigenvalue weighted by Crippen LogP contribution is 2.35. The highest BCUT2D eigenvalue weighted by molar-refractivity contribution is 7.93. The summed E-state index contributed by atoms with van der Waals surface area (Å²) in [4.78, 5) is 11.7. The van der Waals surface area contributed by atoms with Crippen LogP contribution in [0.3, 0.4) is 0 Å². The lowest BCUT2D eigenvalue weighted by atomic mass is 10.2. The van der Waals surface area contributed by atoms with Crippen molar-refractivity contribution in [2.75, 3.05) is 18.9 Å². The van der Waals surface area contributed by atoms with E-state index in [0.717, 1.165) is 37.0 Å². The molecule has 0 spiro atoms. The Bertz CT molecular complexity index is 916. The molecule has 2 aromatic rings. The number of esters is 1. The van der Waals surface area contributed by atoms with E-state index in [1.54, 1.807) is 18.2 Å². The molecule has 0 aliphatic heterocycles. The van der Waals surface area contributed by atoms with E-state index in [0.29, 0.717) is 17.2 Å². The van der Waals surface area contributed by atoms with Crippen molar-refractivity contribution in [2.45, 2.75) is 36.7 Å². The number of thiophene rings is 1. The van der Waals surface area contributed by atoms with Crippen LogP contribution >= 0.6 is 11.3 Å². The number of sulfonamides is 1.